The Morgan fingerprint density at radius 2 is 1.94 bits per heavy atom. The van der Waals surface area contributed by atoms with Gasteiger partial charge in [-0.3, -0.25) is 4.79 Å². The molecule has 1 aromatic carbocycles. The highest BCUT2D eigenvalue weighted by atomic mass is 79.9. The van der Waals surface area contributed by atoms with Crippen LogP contribution in [0.4, 0.5) is 5.69 Å². The van der Waals surface area contributed by atoms with Crippen molar-refractivity contribution in [2.45, 2.75) is 33.7 Å². The quantitative estimate of drug-likeness (QED) is 0.824. The van der Waals surface area contributed by atoms with Gasteiger partial charge in [-0.05, 0) is 30.5 Å². The minimum Gasteiger partial charge on any atom is -0.399 e. The van der Waals surface area contributed by atoms with Crippen molar-refractivity contribution in [2.24, 2.45) is 5.41 Å². The van der Waals surface area contributed by atoms with Gasteiger partial charge in [-0.15, -0.1) is 0 Å². The molecule has 1 unspecified atom stereocenters. The molecule has 0 aliphatic rings. The molecule has 0 aromatic heterocycles. The van der Waals surface area contributed by atoms with E-state index in [1.54, 1.807) is 18.2 Å². The van der Waals surface area contributed by atoms with Crippen LogP contribution in [-0.2, 0) is 0 Å². The van der Waals surface area contributed by atoms with Crippen molar-refractivity contribution >= 4 is 27.5 Å². The van der Waals surface area contributed by atoms with Gasteiger partial charge in [-0.1, -0.05) is 36.7 Å². The topological polar surface area (TPSA) is 55.1 Å². The number of nitrogens with two attached hydrogens (primary N) is 1. The summed E-state index contributed by atoms with van der Waals surface area (Å²) in [4.78, 5) is 12.0. The Balaban J connectivity index is 2.84. The fourth-order valence-corrected chi connectivity index (χ4v) is 1.75. The standard InChI is InChI=1S/C13H19BrN2O/c1-8(13(2,3)4)16-12(17)9-5-10(14)7-11(15)6-9/h5-8H,15H2,1-4H3,(H,16,17). The van der Waals surface area contributed by atoms with Gasteiger partial charge in [0, 0.05) is 21.8 Å². The van der Waals surface area contributed by atoms with Crippen LogP contribution in [0.3, 0.4) is 0 Å². The molecule has 3 nitrogen and oxygen atoms in total. The molecule has 1 rings (SSSR count). The van der Waals surface area contributed by atoms with Gasteiger partial charge >= 0.3 is 0 Å². The van der Waals surface area contributed by atoms with Gasteiger partial charge in [-0.25, -0.2) is 0 Å². The molecule has 0 bridgehead atoms. The Kier molecular flexibility index (Phi) is 4.20. The number of carbonyl (C=O) groups is 1. The maximum Gasteiger partial charge on any atom is 0.251 e. The zero-order valence-electron chi connectivity index (χ0n) is 10.7. The highest BCUT2D eigenvalue weighted by Crippen LogP contribution is 2.20. The Hall–Kier alpha value is -1.03. The molecule has 17 heavy (non-hydrogen) atoms. The third-order valence-corrected chi connectivity index (χ3v) is 3.29. The molecule has 0 fully saturated rings. The van der Waals surface area contributed by atoms with Crippen molar-refractivity contribution in [3.05, 3.63) is 28.2 Å². The molecule has 1 aromatic rings. The molecule has 0 heterocycles. The van der Waals surface area contributed by atoms with Gasteiger partial charge in [0.25, 0.3) is 5.91 Å². The van der Waals surface area contributed by atoms with E-state index in [4.69, 9.17) is 5.73 Å². The molecular weight excluding hydrogens is 280 g/mol. The second kappa shape index (κ2) is 5.08. The van der Waals surface area contributed by atoms with Crippen LogP contribution >= 0.6 is 15.9 Å². The van der Waals surface area contributed by atoms with Crippen molar-refractivity contribution in [1.82, 2.24) is 5.32 Å². The SMILES string of the molecule is CC(NC(=O)c1cc(N)cc(Br)c1)C(C)(C)C. The summed E-state index contributed by atoms with van der Waals surface area (Å²) < 4.78 is 0.811. The van der Waals surface area contributed by atoms with Crippen molar-refractivity contribution in [3.8, 4) is 0 Å². The maximum atomic E-state index is 12.0. The number of halogens is 1. The second-order valence-electron chi connectivity index (χ2n) is 5.33. The summed E-state index contributed by atoms with van der Waals surface area (Å²) in [5, 5.41) is 2.98. The number of hydrogen-bond acceptors (Lipinski definition) is 2. The summed E-state index contributed by atoms with van der Waals surface area (Å²) in [6, 6.07) is 5.30. The van der Waals surface area contributed by atoms with Crippen LogP contribution in [0.1, 0.15) is 38.1 Å². The number of hydrogen-bond donors (Lipinski definition) is 2. The van der Waals surface area contributed by atoms with E-state index in [1.807, 2.05) is 6.92 Å². The van der Waals surface area contributed by atoms with Crippen molar-refractivity contribution in [1.29, 1.82) is 0 Å². The summed E-state index contributed by atoms with van der Waals surface area (Å²) in [6.45, 7) is 8.27. The van der Waals surface area contributed by atoms with Gasteiger partial charge in [0.15, 0.2) is 0 Å². The molecule has 0 aliphatic carbocycles. The molecule has 94 valence electrons. The number of rotatable bonds is 2. The largest absolute Gasteiger partial charge is 0.399 e. The van der Waals surface area contributed by atoms with E-state index in [2.05, 4.69) is 42.0 Å². The first-order valence-corrected chi connectivity index (χ1v) is 6.36. The van der Waals surface area contributed by atoms with Crippen LogP contribution in [0.15, 0.2) is 22.7 Å². The van der Waals surface area contributed by atoms with Crippen LogP contribution in [0.25, 0.3) is 0 Å². The number of benzene rings is 1. The van der Waals surface area contributed by atoms with Crippen LogP contribution in [-0.4, -0.2) is 11.9 Å². The van der Waals surface area contributed by atoms with E-state index in [1.165, 1.54) is 0 Å². The first kappa shape index (κ1) is 14.0. The first-order chi connectivity index (χ1) is 7.70. The minimum atomic E-state index is -0.0968. The summed E-state index contributed by atoms with van der Waals surface area (Å²) in [6.07, 6.45) is 0. The molecule has 3 N–H and O–H groups in total. The zero-order chi connectivity index (χ0) is 13.2. The number of nitrogen functional groups attached to an aromatic ring is 1. The third kappa shape index (κ3) is 4.04. The number of amides is 1. The summed E-state index contributed by atoms with van der Waals surface area (Å²) >= 11 is 3.33. The minimum absolute atomic E-state index is 0.0349. The predicted octanol–water partition coefficient (Wildman–Crippen LogP) is 3.20. The highest BCUT2D eigenvalue weighted by molar-refractivity contribution is 9.10. The molecule has 1 atom stereocenters. The van der Waals surface area contributed by atoms with Crippen LogP contribution < -0.4 is 11.1 Å². The van der Waals surface area contributed by atoms with Gasteiger partial charge in [0.1, 0.15) is 0 Å². The summed E-state index contributed by atoms with van der Waals surface area (Å²) in [7, 11) is 0. The Bertz CT molecular complexity index is 404. The smallest absolute Gasteiger partial charge is 0.251 e. The molecule has 0 saturated carbocycles. The van der Waals surface area contributed by atoms with Gasteiger partial charge < -0.3 is 11.1 Å². The second-order valence-corrected chi connectivity index (χ2v) is 6.25. The molecule has 1 amide bonds. The van der Waals surface area contributed by atoms with Gasteiger partial charge in [-0.2, -0.15) is 0 Å². The molecule has 0 spiro atoms. The average Bonchev–Trinajstić information content (AvgIpc) is 2.14. The predicted molar refractivity (Wildman–Crippen MR) is 74.9 cm³/mol. The molecular formula is C13H19BrN2O. The third-order valence-electron chi connectivity index (χ3n) is 2.83. The van der Waals surface area contributed by atoms with Crippen molar-refractivity contribution < 1.29 is 4.79 Å². The Labute approximate surface area is 111 Å². The number of nitrogens with one attached hydrogen (secondary N) is 1. The molecule has 0 saturated heterocycles. The zero-order valence-corrected chi connectivity index (χ0v) is 12.3. The summed E-state index contributed by atoms with van der Waals surface area (Å²) in [5.41, 5.74) is 6.89. The molecule has 0 aliphatic heterocycles. The lowest BCUT2D eigenvalue weighted by molar-refractivity contribution is 0.0910. The Morgan fingerprint density at radius 3 is 2.41 bits per heavy atom. The molecule has 0 radical (unpaired) electrons. The fraction of sp³-hybridized carbons (Fsp3) is 0.462. The van der Waals surface area contributed by atoms with E-state index in [0.717, 1.165) is 4.47 Å². The van der Waals surface area contributed by atoms with Crippen molar-refractivity contribution in [3.63, 3.8) is 0 Å². The normalized spacial score (nSPS) is 13.2. The lowest BCUT2D eigenvalue weighted by Gasteiger charge is -2.28. The van der Waals surface area contributed by atoms with E-state index < -0.39 is 0 Å². The lowest BCUT2D eigenvalue weighted by atomic mass is 9.88. The van der Waals surface area contributed by atoms with Gasteiger partial charge in [0.2, 0.25) is 0 Å². The highest BCUT2D eigenvalue weighted by Gasteiger charge is 2.22. The van der Waals surface area contributed by atoms with Crippen LogP contribution in [0.5, 0.6) is 0 Å². The van der Waals surface area contributed by atoms with Crippen LogP contribution in [0.2, 0.25) is 0 Å². The van der Waals surface area contributed by atoms with E-state index >= 15 is 0 Å². The lowest BCUT2D eigenvalue weighted by Crippen LogP contribution is -2.41. The van der Waals surface area contributed by atoms with Crippen LogP contribution in [0, 0.1) is 5.41 Å². The van der Waals surface area contributed by atoms with E-state index in [-0.39, 0.29) is 17.4 Å². The van der Waals surface area contributed by atoms with E-state index in [0.29, 0.717) is 11.3 Å². The first-order valence-electron chi connectivity index (χ1n) is 5.57. The summed E-state index contributed by atoms with van der Waals surface area (Å²) in [5.74, 6) is -0.0968. The Morgan fingerprint density at radius 1 is 1.35 bits per heavy atom. The maximum absolute atomic E-state index is 12.0. The fourth-order valence-electron chi connectivity index (χ4n) is 1.24. The average molecular weight is 299 g/mol. The number of carbonyl (C=O) groups excluding carboxylic acids is 1. The van der Waals surface area contributed by atoms with Gasteiger partial charge in [0.05, 0.1) is 0 Å². The number of anilines is 1. The monoisotopic (exact) mass is 298 g/mol. The molecule has 4 heteroatoms. The van der Waals surface area contributed by atoms with E-state index in [9.17, 15) is 4.79 Å². The van der Waals surface area contributed by atoms with Crippen molar-refractivity contribution in [2.75, 3.05) is 5.73 Å².